The maximum atomic E-state index is 15.7. The van der Waals surface area contributed by atoms with Crippen molar-refractivity contribution in [3.05, 3.63) is 35.7 Å². The van der Waals surface area contributed by atoms with E-state index in [1.807, 2.05) is 0 Å². The molecule has 22 heteroatoms. The monoisotopic (exact) mass is 630 g/mol. The Balaban J connectivity index is 1.13. The molecule has 0 radical (unpaired) electrons. The molecule has 4 aromatic rings. The Labute approximate surface area is 235 Å². The Bertz CT molecular complexity index is 1800. The van der Waals surface area contributed by atoms with Gasteiger partial charge < -0.3 is 29.6 Å². The van der Waals surface area contributed by atoms with Crippen molar-refractivity contribution < 1.29 is 40.4 Å². The number of nitrogens with zero attached hydrogens (tertiary/aromatic N) is 7. The zero-order valence-corrected chi connectivity index (χ0v) is 23.1. The summed E-state index contributed by atoms with van der Waals surface area (Å²) >= 11 is 0. The molecule has 6 heterocycles. The first-order valence-corrected chi connectivity index (χ1v) is 15.1. The summed E-state index contributed by atoms with van der Waals surface area (Å²) in [5.41, 5.74) is 5.99. The molecular weight excluding hydrogens is 606 g/mol. The number of aromatic amines is 1. The van der Waals surface area contributed by atoms with Crippen molar-refractivity contribution >= 4 is 46.7 Å². The summed E-state index contributed by atoms with van der Waals surface area (Å²) in [6.45, 7) is -0.868. The van der Waals surface area contributed by atoms with Crippen LogP contribution in [0.3, 0.4) is 0 Å². The Morgan fingerprint density at radius 2 is 1.90 bits per heavy atom. The number of nitrogen functional groups attached to an aromatic ring is 1. The van der Waals surface area contributed by atoms with E-state index in [9.17, 15) is 17.8 Å². The fraction of sp³-hybridized carbons (Fsp3) is 0.500. The molecule has 4 aromatic heterocycles. The van der Waals surface area contributed by atoms with E-state index in [0.717, 1.165) is 17.2 Å². The van der Waals surface area contributed by atoms with Crippen molar-refractivity contribution in [1.29, 1.82) is 0 Å². The minimum atomic E-state index is -4.60. The van der Waals surface area contributed by atoms with Gasteiger partial charge in [0.25, 0.3) is 5.56 Å². The number of hydrogen-bond acceptors (Lipinski definition) is 14. The molecular formula is C20H24FN10O9PS. The molecule has 226 valence electrons. The number of rotatable bonds is 10. The van der Waals surface area contributed by atoms with Crippen LogP contribution >= 0.6 is 8.25 Å². The molecule has 6 rings (SSSR count). The molecule has 2 aliphatic heterocycles. The Morgan fingerprint density at radius 3 is 2.71 bits per heavy atom. The predicted molar refractivity (Wildman–Crippen MR) is 139 cm³/mol. The average molecular weight is 631 g/mol. The van der Waals surface area contributed by atoms with E-state index in [1.54, 1.807) is 4.57 Å². The predicted octanol–water partition coefficient (Wildman–Crippen LogP) is -0.927. The maximum absolute atomic E-state index is 15.7. The Morgan fingerprint density at radius 1 is 1.14 bits per heavy atom. The number of halogens is 1. The molecule has 0 bridgehead atoms. The van der Waals surface area contributed by atoms with Crippen LogP contribution in [-0.4, -0.2) is 90.0 Å². The van der Waals surface area contributed by atoms with Crippen LogP contribution < -0.4 is 16.0 Å². The molecule has 7 atom stereocenters. The molecule has 2 saturated heterocycles. The van der Waals surface area contributed by atoms with Crippen LogP contribution in [0.4, 0.5) is 10.2 Å². The lowest BCUT2D eigenvalue weighted by molar-refractivity contribution is -0.0389. The summed E-state index contributed by atoms with van der Waals surface area (Å²) in [5, 5.41) is 0. The Hall–Kier alpha value is -3.43. The van der Waals surface area contributed by atoms with Gasteiger partial charge in [-0.3, -0.25) is 18.5 Å². The van der Waals surface area contributed by atoms with Crippen LogP contribution in [0.25, 0.3) is 22.3 Å². The van der Waals surface area contributed by atoms with Gasteiger partial charge in [-0.25, -0.2) is 33.5 Å². The van der Waals surface area contributed by atoms with Crippen molar-refractivity contribution in [2.24, 2.45) is 0 Å². The van der Waals surface area contributed by atoms with Crippen LogP contribution in [0.1, 0.15) is 25.3 Å². The minimum absolute atomic E-state index is 0.0313. The van der Waals surface area contributed by atoms with E-state index in [0.29, 0.717) is 24.0 Å². The van der Waals surface area contributed by atoms with Crippen molar-refractivity contribution in [3.8, 4) is 0 Å². The first-order chi connectivity index (χ1) is 20.1. The fourth-order valence-corrected chi connectivity index (χ4v) is 6.15. The third-order valence-electron chi connectivity index (χ3n) is 6.79. The fourth-order valence-electron chi connectivity index (χ4n) is 4.87. The summed E-state index contributed by atoms with van der Waals surface area (Å²) in [5.74, 6) is 0.212. The highest BCUT2D eigenvalue weighted by Crippen LogP contribution is 2.37. The number of imidazole rings is 2. The number of H-pyrrole nitrogens is 1. The van der Waals surface area contributed by atoms with Gasteiger partial charge in [-0.1, -0.05) is 0 Å². The number of ether oxygens (including phenoxy) is 2. The van der Waals surface area contributed by atoms with Crippen molar-refractivity contribution in [2.45, 2.75) is 49.8 Å². The maximum Gasteiger partial charge on any atom is 0.336 e. The topological polar surface area (TPSA) is 254 Å². The zero-order chi connectivity index (χ0) is 29.6. The van der Waals surface area contributed by atoms with Gasteiger partial charge in [0.2, 0.25) is 0 Å². The van der Waals surface area contributed by atoms with Crippen molar-refractivity contribution in [3.63, 3.8) is 0 Å². The number of alkyl halides is 1. The summed E-state index contributed by atoms with van der Waals surface area (Å²) < 4.78 is 79.0. The smallest absolute Gasteiger partial charge is 0.336 e. The molecule has 0 amide bonds. The molecule has 0 aliphatic carbocycles. The normalized spacial score (nSPS) is 27.3. The number of fused-ring (bicyclic) bond motifs is 2. The zero-order valence-electron chi connectivity index (χ0n) is 21.3. The minimum Gasteiger partial charge on any atom is -0.382 e. The summed E-state index contributed by atoms with van der Waals surface area (Å²) in [6.07, 6.45) is -2.01. The molecule has 0 aromatic carbocycles. The Kier molecular flexibility index (Phi) is 7.74. The second kappa shape index (κ2) is 11.3. The first kappa shape index (κ1) is 28.7. The van der Waals surface area contributed by atoms with Gasteiger partial charge in [-0.05, 0) is 12.8 Å². The van der Waals surface area contributed by atoms with Gasteiger partial charge in [0.05, 0.1) is 31.7 Å². The number of nitrogens with two attached hydrogens (primary N) is 1. The highest BCUT2D eigenvalue weighted by atomic mass is 32.2. The van der Waals surface area contributed by atoms with Gasteiger partial charge in [-0.15, -0.1) is 0 Å². The molecule has 2 fully saturated rings. The summed E-state index contributed by atoms with van der Waals surface area (Å²) in [7, 11) is -8.06. The van der Waals surface area contributed by atoms with E-state index in [-0.39, 0.29) is 23.5 Å². The quantitative estimate of drug-likeness (QED) is 0.154. The van der Waals surface area contributed by atoms with Crippen LogP contribution in [0, 0.1) is 0 Å². The number of hydrogen-bond donors (Lipinski definition) is 4. The first-order valence-electron chi connectivity index (χ1n) is 12.4. The molecule has 42 heavy (non-hydrogen) atoms. The van der Waals surface area contributed by atoms with Crippen LogP contribution in [-0.2, 0) is 33.0 Å². The highest BCUT2D eigenvalue weighted by molar-refractivity contribution is 7.84. The van der Waals surface area contributed by atoms with E-state index < -0.39 is 67.7 Å². The lowest BCUT2D eigenvalue weighted by atomic mass is 10.1. The van der Waals surface area contributed by atoms with Crippen molar-refractivity contribution in [2.75, 3.05) is 18.9 Å². The highest BCUT2D eigenvalue weighted by Gasteiger charge is 2.50. The lowest BCUT2D eigenvalue weighted by Gasteiger charge is -2.20. The standard InChI is InChI=1S/C20H24FN10O9PS/c21-12-15(10(4-37-41(33)34)39-20(12)31-8-28-14-18(31)25-6-26-19(14)32)40-42(35,36)29-3-9-1-2-11(38-9)30-7-27-13-16(22)23-5-24-17(13)30/h5-12,15,20,29,41H,1-4H2,(H,33,34)(H2,22,23,24)(H,25,26,32)/t9-,10+,11+,12+,15+,20+/m0/s1. The number of aromatic nitrogens is 8. The van der Waals surface area contributed by atoms with E-state index in [4.69, 9.17) is 28.8 Å². The van der Waals surface area contributed by atoms with Gasteiger partial charge >= 0.3 is 18.6 Å². The molecule has 5 N–H and O–H groups in total. The van der Waals surface area contributed by atoms with Gasteiger partial charge in [0.1, 0.15) is 30.3 Å². The molecule has 1 unspecified atom stereocenters. The van der Waals surface area contributed by atoms with E-state index >= 15 is 4.39 Å². The second-order valence-corrected chi connectivity index (χ2v) is 11.6. The number of anilines is 1. The third-order valence-corrected chi connectivity index (χ3v) is 8.19. The van der Waals surface area contributed by atoms with Gasteiger partial charge in [-0.2, -0.15) is 13.1 Å². The van der Waals surface area contributed by atoms with E-state index in [2.05, 4.69) is 34.6 Å². The SMILES string of the molecule is Nc1ncnc2c1ncn2[C@H]1CC[C@@H](CNS(=O)(=O)O[C@H]2[C@@H](F)[C@H](n3cnc4c(=O)[nH]cnc43)O[C@@H]2CO[PH](=O)O)O1. The molecule has 0 spiro atoms. The van der Waals surface area contributed by atoms with Crippen molar-refractivity contribution in [1.82, 2.24) is 43.8 Å². The van der Waals surface area contributed by atoms with E-state index in [1.165, 1.54) is 12.7 Å². The summed E-state index contributed by atoms with van der Waals surface area (Å²) in [6, 6.07) is 0. The molecule has 0 saturated carbocycles. The number of nitrogens with one attached hydrogen (secondary N) is 2. The van der Waals surface area contributed by atoms with Crippen LogP contribution in [0.2, 0.25) is 0 Å². The third kappa shape index (κ3) is 5.52. The second-order valence-electron chi connectivity index (χ2n) is 9.38. The lowest BCUT2D eigenvalue weighted by Crippen LogP contribution is -2.41. The summed E-state index contributed by atoms with van der Waals surface area (Å²) in [4.78, 5) is 43.6. The molecule has 2 aliphatic rings. The van der Waals surface area contributed by atoms with Crippen LogP contribution in [0.15, 0.2) is 30.1 Å². The van der Waals surface area contributed by atoms with Crippen LogP contribution in [0.5, 0.6) is 0 Å². The molecule has 19 nitrogen and oxygen atoms in total. The van der Waals surface area contributed by atoms with Gasteiger partial charge in [0.15, 0.2) is 35.0 Å². The average Bonchev–Trinajstić information content (AvgIpc) is 3.73. The van der Waals surface area contributed by atoms with Gasteiger partial charge in [0, 0.05) is 6.54 Å². The largest absolute Gasteiger partial charge is 0.382 e.